The van der Waals surface area contributed by atoms with Crippen LogP contribution >= 0.6 is 0 Å². The van der Waals surface area contributed by atoms with Crippen LogP contribution in [0.2, 0.25) is 0 Å². The van der Waals surface area contributed by atoms with Crippen LogP contribution in [-0.2, 0) is 18.7 Å². The van der Waals surface area contributed by atoms with Crippen molar-refractivity contribution in [3.63, 3.8) is 0 Å². The van der Waals surface area contributed by atoms with Crippen LogP contribution in [0.4, 0.5) is 0 Å². The van der Waals surface area contributed by atoms with Crippen LogP contribution in [0.3, 0.4) is 0 Å². The van der Waals surface area contributed by atoms with Gasteiger partial charge < -0.3 is 23.4 Å². The number of ether oxygens (including phenoxy) is 2. The molecule has 0 unspecified atom stereocenters. The Bertz CT molecular complexity index is 1190. The quantitative estimate of drug-likeness (QED) is 0.273. The number of hydrogen-bond acceptors (Lipinski definition) is 6. The number of rotatable bonds is 11. The molecule has 1 N–H and O–H groups in total. The van der Waals surface area contributed by atoms with Gasteiger partial charge in [0.25, 0.3) is 0 Å². The highest BCUT2D eigenvalue weighted by molar-refractivity contribution is 5.46. The third-order valence-corrected chi connectivity index (χ3v) is 6.21. The summed E-state index contributed by atoms with van der Waals surface area (Å²) in [4.78, 5) is 2.30. The molecule has 0 aliphatic rings. The van der Waals surface area contributed by atoms with Gasteiger partial charge in [0.05, 0.1) is 27.3 Å². The number of hydrogen-bond donors (Lipinski definition) is 1. The Hall–Kier alpha value is -3.48. The van der Waals surface area contributed by atoms with Gasteiger partial charge in [-0.1, -0.05) is 38.1 Å². The summed E-state index contributed by atoms with van der Waals surface area (Å²) in [6.07, 6.45) is 0. The van der Waals surface area contributed by atoms with E-state index in [4.69, 9.17) is 18.3 Å². The first-order chi connectivity index (χ1) is 17.3. The highest BCUT2D eigenvalue weighted by atomic mass is 16.5. The number of methoxy groups -OCH3 is 2. The smallest absolute Gasteiger partial charge is 0.173 e. The molecule has 0 spiro atoms. The van der Waals surface area contributed by atoms with Crippen LogP contribution in [0.1, 0.15) is 48.0 Å². The Morgan fingerprint density at radius 2 is 1.25 bits per heavy atom. The SMILES string of the molecule is COc1ccc(C(O)(c2ccc(OC)cc2)c2ccc(CN(Cc3ccc(C)o3)CC(C)C)o2)cc1. The number of aliphatic hydroxyl groups is 1. The summed E-state index contributed by atoms with van der Waals surface area (Å²) < 4.78 is 22.8. The van der Waals surface area contributed by atoms with Crippen molar-refractivity contribution < 1.29 is 23.4 Å². The molecule has 4 aromatic rings. The van der Waals surface area contributed by atoms with Crippen LogP contribution < -0.4 is 9.47 Å². The zero-order valence-electron chi connectivity index (χ0n) is 21.7. The summed E-state index contributed by atoms with van der Waals surface area (Å²) >= 11 is 0. The second-order valence-electron chi connectivity index (χ2n) is 9.51. The van der Waals surface area contributed by atoms with Crippen LogP contribution in [-0.4, -0.2) is 30.8 Å². The minimum absolute atomic E-state index is 0.450. The zero-order chi connectivity index (χ0) is 25.7. The van der Waals surface area contributed by atoms with Gasteiger partial charge in [0, 0.05) is 6.54 Å². The highest BCUT2D eigenvalue weighted by Crippen LogP contribution is 2.39. The van der Waals surface area contributed by atoms with Gasteiger partial charge >= 0.3 is 0 Å². The summed E-state index contributed by atoms with van der Waals surface area (Å²) in [5.74, 6) is 4.96. The molecule has 0 amide bonds. The van der Waals surface area contributed by atoms with Crippen molar-refractivity contribution in [1.29, 1.82) is 0 Å². The highest BCUT2D eigenvalue weighted by Gasteiger charge is 2.37. The maximum Gasteiger partial charge on any atom is 0.173 e. The average molecular weight is 490 g/mol. The van der Waals surface area contributed by atoms with E-state index in [0.29, 0.717) is 47.4 Å². The van der Waals surface area contributed by atoms with E-state index in [0.717, 1.165) is 23.8 Å². The van der Waals surface area contributed by atoms with Crippen molar-refractivity contribution in [3.8, 4) is 11.5 Å². The zero-order valence-corrected chi connectivity index (χ0v) is 21.7. The third-order valence-electron chi connectivity index (χ3n) is 6.21. The monoisotopic (exact) mass is 489 g/mol. The summed E-state index contributed by atoms with van der Waals surface area (Å²) in [5, 5.41) is 12.2. The van der Waals surface area contributed by atoms with E-state index < -0.39 is 5.60 Å². The second-order valence-corrected chi connectivity index (χ2v) is 9.51. The molecule has 0 aliphatic carbocycles. The third kappa shape index (κ3) is 5.66. The molecule has 0 saturated carbocycles. The molecule has 4 rings (SSSR count). The minimum Gasteiger partial charge on any atom is -0.497 e. The largest absolute Gasteiger partial charge is 0.497 e. The summed E-state index contributed by atoms with van der Waals surface area (Å²) in [7, 11) is 3.24. The molecule has 0 atom stereocenters. The van der Waals surface area contributed by atoms with E-state index in [9.17, 15) is 5.11 Å². The number of benzene rings is 2. The lowest BCUT2D eigenvalue weighted by Crippen LogP contribution is -2.28. The fourth-order valence-corrected chi connectivity index (χ4v) is 4.49. The van der Waals surface area contributed by atoms with Gasteiger partial charge in [-0.05, 0) is 72.5 Å². The van der Waals surface area contributed by atoms with Gasteiger partial charge in [-0.15, -0.1) is 0 Å². The summed E-state index contributed by atoms with van der Waals surface area (Å²) in [6, 6.07) is 22.6. The van der Waals surface area contributed by atoms with Crippen LogP contribution in [0.15, 0.2) is 81.6 Å². The Kier molecular flexibility index (Phi) is 7.87. The van der Waals surface area contributed by atoms with E-state index in [-0.39, 0.29) is 0 Å². The van der Waals surface area contributed by atoms with E-state index in [1.807, 2.05) is 79.7 Å². The van der Waals surface area contributed by atoms with Gasteiger partial charge in [-0.25, -0.2) is 0 Å². The van der Waals surface area contributed by atoms with Crippen molar-refractivity contribution in [1.82, 2.24) is 4.90 Å². The Labute approximate surface area is 213 Å². The first kappa shape index (κ1) is 25.6. The Morgan fingerprint density at radius 3 is 1.69 bits per heavy atom. The van der Waals surface area contributed by atoms with Crippen molar-refractivity contribution in [2.24, 2.45) is 5.92 Å². The van der Waals surface area contributed by atoms with Crippen molar-refractivity contribution in [2.75, 3.05) is 20.8 Å². The average Bonchev–Trinajstić information content (AvgIpc) is 3.52. The fraction of sp³-hybridized carbons (Fsp3) is 0.333. The molecular weight excluding hydrogens is 454 g/mol. The lowest BCUT2D eigenvalue weighted by molar-refractivity contribution is 0.0944. The fourth-order valence-electron chi connectivity index (χ4n) is 4.49. The molecule has 6 heteroatoms. The Balaban J connectivity index is 1.67. The Morgan fingerprint density at radius 1 is 0.750 bits per heavy atom. The molecule has 2 aromatic carbocycles. The van der Waals surface area contributed by atoms with Gasteiger partial charge in [0.15, 0.2) is 5.60 Å². The standard InChI is InChI=1S/C30H35NO5/c1-21(2)18-31(19-27-11-6-22(3)35-27)20-28-16-17-29(36-28)30(32,23-7-12-25(33-4)13-8-23)24-9-14-26(34-5)15-10-24/h6-17,21,32H,18-20H2,1-5H3. The van der Waals surface area contributed by atoms with Gasteiger partial charge in [0.2, 0.25) is 0 Å². The molecule has 0 aliphatic heterocycles. The molecule has 36 heavy (non-hydrogen) atoms. The normalized spacial score (nSPS) is 11.9. The number of nitrogens with zero attached hydrogens (tertiary/aromatic N) is 1. The minimum atomic E-state index is -1.49. The molecular formula is C30H35NO5. The van der Waals surface area contributed by atoms with E-state index in [1.54, 1.807) is 14.2 Å². The predicted octanol–water partition coefficient (Wildman–Crippen LogP) is 6.14. The lowest BCUT2D eigenvalue weighted by atomic mass is 9.84. The first-order valence-electron chi connectivity index (χ1n) is 12.2. The van der Waals surface area contributed by atoms with Crippen molar-refractivity contribution >= 4 is 0 Å². The topological polar surface area (TPSA) is 68.2 Å². The second kappa shape index (κ2) is 11.1. The number of aryl methyl sites for hydroxylation is 1. The molecule has 0 bridgehead atoms. The molecule has 0 saturated heterocycles. The lowest BCUT2D eigenvalue weighted by Gasteiger charge is -2.28. The molecule has 0 radical (unpaired) electrons. The van der Waals surface area contributed by atoms with Crippen molar-refractivity contribution in [2.45, 2.75) is 39.5 Å². The summed E-state index contributed by atoms with van der Waals surface area (Å²) in [5.41, 5.74) is -0.128. The van der Waals surface area contributed by atoms with Gasteiger partial charge in [-0.3, -0.25) is 4.90 Å². The van der Waals surface area contributed by atoms with E-state index >= 15 is 0 Å². The maximum atomic E-state index is 12.2. The maximum absolute atomic E-state index is 12.2. The van der Waals surface area contributed by atoms with Crippen LogP contribution in [0, 0.1) is 12.8 Å². The molecule has 0 fully saturated rings. The molecule has 6 nitrogen and oxygen atoms in total. The number of furan rings is 2. The van der Waals surface area contributed by atoms with Crippen LogP contribution in [0.5, 0.6) is 11.5 Å². The predicted molar refractivity (Wildman–Crippen MR) is 139 cm³/mol. The molecule has 2 heterocycles. The van der Waals surface area contributed by atoms with Crippen LogP contribution in [0.25, 0.3) is 0 Å². The van der Waals surface area contributed by atoms with Gasteiger partial charge in [-0.2, -0.15) is 0 Å². The molecule has 190 valence electrons. The molecule has 2 aromatic heterocycles. The van der Waals surface area contributed by atoms with E-state index in [2.05, 4.69) is 18.7 Å². The van der Waals surface area contributed by atoms with Crippen molar-refractivity contribution in [3.05, 3.63) is 107 Å². The van der Waals surface area contributed by atoms with Gasteiger partial charge in [0.1, 0.15) is 34.5 Å². The first-order valence-corrected chi connectivity index (χ1v) is 12.2. The van der Waals surface area contributed by atoms with E-state index in [1.165, 1.54) is 0 Å². The summed E-state index contributed by atoms with van der Waals surface area (Å²) in [6.45, 7) is 8.51.